The number of hydrogen-bond acceptors (Lipinski definition) is 5. The first kappa shape index (κ1) is 17.7. The van der Waals surface area contributed by atoms with Crippen molar-refractivity contribution in [3.63, 3.8) is 0 Å². The second kappa shape index (κ2) is 7.44. The Hall–Kier alpha value is -2.08. The molecular formula is C17H12Cl3N3O2. The number of rotatable bonds is 4. The second-order valence-electron chi connectivity index (χ2n) is 5.25. The number of phenolic OH excluding ortho intramolecular Hbond substituents is 1. The van der Waals surface area contributed by atoms with E-state index in [1.54, 1.807) is 30.5 Å². The van der Waals surface area contributed by atoms with Crippen LogP contribution in [-0.2, 0) is 6.61 Å². The second-order valence-corrected chi connectivity index (χ2v) is 6.50. The number of benzene rings is 2. The zero-order chi connectivity index (χ0) is 18.0. The summed E-state index contributed by atoms with van der Waals surface area (Å²) in [4.78, 5) is 4.23. The van der Waals surface area contributed by atoms with E-state index in [1.165, 1.54) is 0 Å². The summed E-state index contributed by atoms with van der Waals surface area (Å²) in [6, 6.07) is 8.45. The summed E-state index contributed by atoms with van der Waals surface area (Å²) in [5.41, 5.74) is 2.01. The van der Waals surface area contributed by atoms with Crippen LogP contribution < -0.4 is 4.74 Å². The minimum absolute atomic E-state index is 0.134. The fourth-order valence-electron chi connectivity index (χ4n) is 2.13. The average molecular weight is 397 g/mol. The molecule has 5 nitrogen and oxygen atoms in total. The fourth-order valence-corrected chi connectivity index (χ4v) is 2.84. The third-order valence-electron chi connectivity index (χ3n) is 3.42. The zero-order valence-corrected chi connectivity index (χ0v) is 15.3. The summed E-state index contributed by atoms with van der Waals surface area (Å²) in [5.74, 6) is 0.958. The Bertz CT molecular complexity index is 895. The van der Waals surface area contributed by atoms with Crippen molar-refractivity contribution < 1.29 is 9.84 Å². The molecule has 8 heteroatoms. The lowest BCUT2D eigenvalue weighted by atomic mass is 10.1. The first-order valence-electron chi connectivity index (χ1n) is 7.20. The van der Waals surface area contributed by atoms with Crippen LogP contribution in [0.3, 0.4) is 0 Å². The van der Waals surface area contributed by atoms with Crippen LogP contribution in [0.15, 0.2) is 36.5 Å². The van der Waals surface area contributed by atoms with Gasteiger partial charge >= 0.3 is 0 Å². The van der Waals surface area contributed by atoms with Crippen LogP contribution in [0.4, 0.5) is 0 Å². The van der Waals surface area contributed by atoms with Crippen LogP contribution in [0.1, 0.15) is 11.4 Å². The van der Waals surface area contributed by atoms with E-state index >= 15 is 0 Å². The molecule has 0 spiro atoms. The van der Waals surface area contributed by atoms with Gasteiger partial charge < -0.3 is 9.84 Å². The Kier molecular flexibility index (Phi) is 5.27. The van der Waals surface area contributed by atoms with Gasteiger partial charge in [0.05, 0.1) is 16.2 Å². The average Bonchev–Trinajstić information content (AvgIpc) is 2.59. The molecule has 0 saturated heterocycles. The van der Waals surface area contributed by atoms with Gasteiger partial charge in [-0.1, -0.05) is 34.8 Å². The molecule has 1 aromatic heterocycles. The molecule has 0 aliphatic carbocycles. The maximum absolute atomic E-state index is 9.60. The van der Waals surface area contributed by atoms with Crippen molar-refractivity contribution in [2.24, 2.45) is 0 Å². The highest BCUT2D eigenvalue weighted by Crippen LogP contribution is 2.35. The maximum Gasteiger partial charge on any atom is 0.188 e. The first-order chi connectivity index (χ1) is 11.9. The number of phenols is 1. The van der Waals surface area contributed by atoms with Crippen LogP contribution in [0.25, 0.3) is 11.3 Å². The van der Waals surface area contributed by atoms with Gasteiger partial charge in [0.1, 0.15) is 18.1 Å². The molecule has 25 heavy (non-hydrogen) atoms. The van der Waals surface area contributed by atoms with Crippen LogP contribution in [0.2, 0.25) is 15.1 Å². The van der Waals surface area contributed by atoms with Gasteiger partial charge in [0, 0.05) is 10.6 Å². The van der Waals surface area contributed by atoms with E-state index in [2.05, 4.69) is 15.2 Å². The van der Waals surface area contributed by atoms with E-state index in [1.807, 2.05) is 13.0 Å². The van der Waals surface area contributed by atoms with Crippen LogP contribution >= 0.6 is 34.8 Å². The SMILES string of the molecule is Cc1cc(Cl)ccc1OCc1ncc(-c2cc(Cl)c(O)c(Cl)c2)nn1. The van der Waals surface area contributed by atoms with Crippen molar-refractivity contribution in [1.29, 1.82) is 0 Å². The molecule has 0 aliphatic rings. The minimum Gasteiger partial charge on any atom is -0.505 e. The van der Waals surface area contributed by atoms with Crippen LogP contribution in [-0.4, -0.2) is 20.3 Å². The number of aromatic hydroxyl groups is 1. The van der Waals surface area contributed by atoms with Crippen LogP contribution in [0.5, 0.6) is 11.5 Å². The molecule has 0 atom stereocenters. The molecule has 3 aromatic rings. The molecule has 3 rings (SSSR count). The lowest BCUT2D eigenvalue weighted by Gasteiger charge is -2.08. The highest BCUT2D eigenvalue weighted by molar-refractivity contribution is 6.37. The maximum atomic E-state index is 9.60. The Morgan fingerprint density at radius 1 is 1.04 bits per heavy atom. The van der Waals surface area contributed by atoms with E-state index in [0.717, 1.165) is 5.56 Å². The quantitative estimate of drug-likeness (QED) is 0.665. The van der Waals surface area contributed by atoms with Crippen molar-refractivity contribution >= 4 is 34.8 Å². The number of aromatic nitrogens is 3. The van der Waals surface area contributed by atoms with Crippen LogP contribution in [0, 0.1) is 6.92 Å². The Balaban J connectivity index is 1.74. The predicted molar refractivity (Wildman–Crippen MR) is 97.5 cm³/mol. The molecule has 1 N–H and O–H groups in total. The summed E-state index contributed by atoms with van der Waals surface area (Å²) in [7, 11) is 0. The summed E-state index contributed by atoms with van der Waals surface area (Å²) >= 11 is 17.7. The van der Waals surface area contributed by atoms with Crippen molar-refractivity contribution in [2.45, 2.75) is 13.5 Å². The first-order valence-corrected chi connectivity index (χ1v) is 8.33. The van der Waals surface area contributed by atoms with Gasteiger partial charge in [0.2, 0.25) is 0 Å². The van der Waals surface area contributed by atoms with Crippen molar-refractivity contribution in [3.8, 4) is 22.8 Å². The number of aryl methyl sites for hydroxylation is 1. The molecule has 0 amide bonds. The Morgan fingerprint density at radius 3 is 2.36 bits per heavy atom. The number of halogens is 3. The van der Waals surface area contributed by atoms with E-state index < -0.39 is 0 Å². The summed E-state index contributed by atoms with van der Waals surface area (Å²) in [5, 5.41) is 18.7. The van der Waals surface area contributed by atoms with Gasteiger partial charge in [0.25, 0.3) is 0 Å². The lowest BCUT2D eigenvalue weighted by Crippen LogP contribution is -2.04. The lowest BCUT2D eigenvalue weighted by molar-refractivity contribution is 0.292. The molecule has 1 heterocycles. The van der Waals surface area contributed by atoms with Gasteiger partial charge in [-0.2, -0.15) is 0 Å². The number of hydrogen-bond donors (Lipinski definition) is 1. The monoisotopic (exact) mass is 395 g/mol. The summed E-state index contributed by atoms with van der Waals surface area (Å²) in [6.07, 6.45) is 1.54. The Morgan fingerprint density at radius 2 is 1.76 bits per heavy atom. The molecular weight excluding hydrogens is 385 g/mol. The van der Waals surface area contributed by atoms with Gasteiger partial charge in [-0.25, -0.2) is 4.98 Å². The third kappa shape index (κ3) is 4.12. The minimum atomic E-state index is -0.170. The molecule has 0 radical (unpaired) electrons. The highest BCUT2D eigenvalue weighted by atomic mass is 35.5. The molecule has 0 aliphatic heterocycles. The van der Waals surface area contributed by atoms with Gasteiger partial charge in [-0.15, -0.1) is 10.2 Å². The highest BCUT2D eigenvalue weighted by Gasteiger charge is 2.10. The smallest absolute Gasteiger partial charge is 0.188 e. The normalized spacial score (nSPS) is 10.7. The zero-order valence-electron chi connectivity index (χ0n) is 13.0. The van der Waals surface area contributed by atoms with Gasteiger partial charge in [0.15, 0.2) is 11.6 Å². The van der Waals surface area contributed by atoms with Crippen molar-refractivity contribution in [2.75, 3.05) is 0 Å². The van der Waals surface area contributed by atoms with E-state index in [9.17, 15) is 5.11 Å². The molecule has 128 valence electrons. The summed E-state index contributed by atoms with van der Waals surface area (Å²) < 4.78 is 5.68. The molecule has 0 saturated carbocycles. The van der Waals surface area contributed by atoms with E-state index in [4.69, 9.17) is 39.5 Å². The fraction of sp³-hybridized carbons (Fsp3) is 0.118. The van der Waals surface area contributed by atoms with Gasteiger partial charge in [-0.3, -0.25) is 0 Å². The molecule has 0 fully saturated rings. The topological polar surface area (TPSA) is 68.1 Å². The standard InChI is InChI=1S/C17H12Cl3N3O2/c1-9-4-11(18)2-3-15(9)25-8-16-21-7-14(22-23-16)10-5-12(19)17(24)13(20)6-10/h2-7,24H,8H2,1H3. The van der Waals surface area contributed by atoms with Gasteiger partial charge in [-0.05, 0) is 42.8 Å². The third-order valence-corrected chi connectivity index (χ3v) is 4.23. The summed E-state index contributed by atoms with van der Waals surface area (Å²) in [6.45, 7) is 2.08. The molecule has 2 aromatic carbocycles. The number of ether oxygens (including phenoxy) is 1. The van der Waals surface area contributed by atoms with E-state index in [0.29, 0.717) is 27.9 Å². The molecule has 0 bridgehead atoms. The Labute approximate surface area is 159 Å². The number of nitrogens with zero attached hydrogens (tertiary/aromatic N) is 3. The van der Waals surface area contributed by atoms with E-state index in [-0.39, 0.29) is 22.4 Å². The largest absolute Gasteiger partial charge is 0.505 e. The van der Waals surface area contributed by atoms with Crippen molar-refractivity contribution in [3.05, 3.63) is 63.0 Å². The van der Waals surface area contributed by atoms with Crippen molar-refractivity contribution in [1.82, 2.24) is 15.2 Å². The predicted octanol–water partition coefficient (Wildman–Crippen LogP) is 5.09. The molecule has 0 unspecified atom stereocenters.